The van der Waals surface area contributed by atoms with Gasteiger partial charge in [0.1, 0.15) is 23.2 Å². The predicted molar refractivity (Wildman–Crippen MR) is 169 cm³/mol. The minimum Gasteiger partial charge on any atom is -0.465 e. The molecule has 39 heavy (non-hydrogen) atoms. The molecule has 1 aliphatic carbocycles. The average Bonchev–Trinajstić information content (AvgIpc) is 2.95. The molecule has 0 heterocycles. The molecule has 2 nitrogen and oxygen atoms in total. The van der Waals surface area contributed by atoms with Crippen LogP contribution in [0.25, 0.3) is 0 Å². The molecule has 1 aliphatic rings. The van der Waals surface area contributed by atoms with Gasteiger partial charge in [0.2, 0.25) is 0 Å². The smallest absolute Gasteiger partial charge is 0.308 e. The lowest BCUT2D eigenvalue weighted by Gasteiger charge is -2.31. The summed E-state index contributed by atoms with van der Waals surface area (Å²) in [7, 11) is -1.75. The second kappa shape index (κ2) is 14.3. The standard InChI is InChI=1S/C36H48O2P/c1-36(2,3)29-30-23-25-31(26-24-30)35(37)38-27-15-4-5-16-28-39(32-17-9-6-10-18-32,33-19-11-7-12-20-33)34-21-13-8-14-22-34/h6-14,17-22,30-31H,4-5,15-16,23-29H2,1-3H3/q+1. The molecule has 3 aromatic rings. The van der Waals surface area contributed by atoms with Crippen LogP contribution in [0.4, 0.5) is 0 Å². The van der Waals surface area contributed by atoms with E-state index >= 15 is 0 Å². The van der Waals surface area contributed by atoms with Gasteiger partial charge in [-0.15, -0.1) is 0 Å². The van der Waals surface area contributed by atoms with E-state index in [0.717, 1.165) is 50.6 Å². The van der Waals surface area contributed by atoms with Crippen LogP contribution in [-0.4, -0.2) is 18.7 Å². The summed E-state index contributed by atoms with van der Waals surface area (Å²) in [6.07, 6.45) is 11.1. The first-order valence-corrected chi connectivity index (χ1v) is 17.1. The van der Waals surface area contributed by atoms with Crippen molar-refractivity contribution in [2.75, 3.05) is 12.8 Å². The molecule has 3 heteroatoms. The molecule has 0 spiro atoms. The highest BCUT2D eigenvalue weighted by molar-refractivity contribution is 7.95. The number of hydrogen-bond donors (Lipinski definition) is 0. The van der Waals surface area contributed by atoms with Gasteiger partial charge in [0.25, 0.3) is 0 Å². The van der Waals surface area contributed by atoms with Gasteiger partial charge in [0.15, 0.2) is 0 Å². The number of hydrogen-bond acceptors (Lipinski definition) is 2. The summed E-state index contributed by atoms with van der Waals surface area (Å²) in [4.78, 5) is 12.7. The lowest BCUT2D eigenvalue weighted by atomic mass is 9.74. The highest BCUT2D eigenvalue weighted by atomic mass is 31.2. The molecular weight excluding hydrogens is 495 g/mol. The summed E-state index contributed by atoms with van der Waals surface area (Å²) in [6, 6.07) is 33.4. The van der Waals surface area contributed by atoms with E-state index in [2.05, 4.69) is 112 Å². The van der Waals surface area contributed by atoms with Gasteiger partial charge >= 0.3 is 5.97 Å². The highest BCUT2D eigenvalue weighted by Gasteiger charge is 2.44. The Hall–Kier alpha value is -2.44. The van der Waals surface area contributed by atoms with Crippen molar-refractivity contribution in [2.24, 2.45) is 17.3 Å². The summed E-state index contributed by atoms with van der Waals surface area (Å²) in [5.41, 5.74) is 0.378. The van der Waals surface area contributed by atoms with Crippen molar-refractivity contribution in [1.29, 1.82) is 0 Å². The Kier molecular flexibility index (Phi) is 10.8. The van der Waals surface area contributed by atoms with Crippen molar-refractivity contribution in [3.05, 3.63) is 91.0 Å². The van der Waals surface area contributed by atoms with Crippen LogP contribution < -0.4 is 15.9 Å². The minimum atomic E-state index is -1.75. The third-order valence-electron chi connectivity index (χ3n) is 8.30. The van der Waals surface area contributed by atoms with Crippen LogP contribution in [0.5, 0.6) is 0 Å². The van der Waals surface area contributed by atoms with Crippen LogP contribution in [0.2, 0.25) is 0 Å². The largest absolute Gasteiger partial charge is 0.465 e. The Morgan fingerprint density at radius 1 is 0.692 bits per heavy atom. The topological polar surface area (TPSA) is 26.3 Å². The third-order valence-corrected chi connectivity index (χ3v) is 12.8. The van der Waals surface area contributed by atoms with E-state index in [4.69, 9.17) is 4.74 Å². The van der Waals surface area contributed by atoms with Crippen molar-refractivity contribution >= 4 is 29.1 Å². The van der Waals surface area contributed by atoms with Crippen LogP contribution in [0.15, 0.2) is 91.0 Å². The molecule has 0 atom stereocenters. The highest BCUT2D eigenvalue weighted by Crippen LogP contribution is 2.56. The van der Waals surface area contributed by atoms with Crippen molar-refractivity contribution in [3.8, 4) is 0 Å². The van der Waals surface area contributed by atoms with E-state index in [1.165, 1.54) is 35.2 Å². The van der Waals surface area contributed by atoms with Gasteiger partial charge in [-0.05, 0) is 106 Å². The summed E-state index contributed by atoms with van der Waals surface area (Å²) < 4.78 is 5.74. The monoisotopic (exact) mass is 543 g/mol. The Morgan fingerprint density at radius 2 is 1.15 bits per heavy atom. The first-order chi connectivity index (χ1) is 18.9. The molecule has 0 unspecified atom stereocenters. The van der Waals surface area contributed by atoms with Gasteiger partial charge in [0.05, 0.1) is 18.7 Å². The normalized spacial score (nSPS) is 18.0. The molecule has 3 aromatic carbocycles. The van der Waals surface area contributed by atoms with E-state index in [9.17, 15) is 4.79 Å². The van der Waals surface area contributed by atoms with E-state index in [1.807, 2.05) is 0 Å². The first-order valence-electron chi connectivity index (χ1n) is 15.1. The van der Waals surface area contributed by atoms with Crippen molar-refractivity contribution < 1.29 is 9.53 Å². The number of unbranched alkanes of at least 4 members (excludes halogenated alkanes) is 3. The molecule has 0 bridgehead atoms. The Balaban J connectivity index is 1.28. The van der Waals surface area contributed by atoms with Gasteiger partial charge in [-0.3, -0.25) is 4.79 Å². The molecule has 1 saturated carbocycles. The number of rotatable bonds is 12. The maximum atomic E-state index is 12.7. The SMILES string of the molecule is CC(C)(C)CC1CCC(C(=O)OCCCCCC[P+](c2ccccc2)(c2ccccc2)c2ccccc2)CC1. The number of esters is 1. The molecule has 1 fully saturated rings. The quantitative estimate of drug-likeness (QED) is 0.130. The van der Waals surface area contributed by atoms with Gasteiger partial charge in [0, 0.05) is 0 Å². The van der Waals surface area contributed by atoms with Crippen LogP contribution >= 0.6 is 7.26 Å². The maximum absolute atomic E-state index is 12.7. The molecule has 0 amide bonds. The Bertz CT molecular complexity index is 1020. The molecule has 0 radical (unpaired) electrons. The Morgan fingerprint density at radius 3 is 1.62 bits per heavy atom. The molecule has 0 N–H and O–H groups in total. The Labute approximate surface area is 237 Å². The molecule has 0 aliphatic heterocycles. The van der Waals surface area contributed by atoms with Crippen LogP contribution in [-0.2, 0) is 9.53 Å². The molecule has 208 valence electrons. The first kappa shape index (κ1) is 29.5. The zero-order valence-corrected chi connectivity index (χ0v) is 25.3. The van der Waals surface area contributed by atoms with Crippen molar-refractivity contribution in [1.82, 2.24) is 0 Å². The fourth-order valence-corrected chi connectivity index (χ4v) is 10.9. The van der Waals surface area contributed by atoms with Crippen LogP contribution in [0.1, 0.15) is 78.6 Å². The average molecular weight is 544 g/mol. The van der Waals surface area contributed by atoms with Crippen molar-refractivity contribution in [2.45, 2.75) is 78.6 Å². The molecule has 0 saturated heterocycles. The minimum absolute atomic E-state index is 0.0476. The summed E-state index contributed by atoms with van der Waals surface area (Å²) in [5, 5.41) is 4.36. The molecular formula is C36H48O2P+. The predicted octanol–water partition coefficient (Wildman–Crippen LogP) is 8.33. The van der Waals surface area contributed by atoms with Gasteiger partial charge < -0.3 is 4.74 Å². The van der Waals surface area contributed by atoms with Crippen LogP contribution in [0, 0.1) is 17.3 Å². The zero-order valence-electron chi connectivity index (χ0n) is 24.4. The molecule has 4 rings (SSSR count). The second-order valence-corrected chi connectivity index (χ2v) is 16.2. The van der Waals surface area contributed by atoms with E-state index in [0.29, 0.717) is 12.0 Å². The zero-order chi connectivity index (χ0) is 27.6. The number of carbonyl (C=O) groups excluding carboxylic acids is 1. The second-order valence-electron chi connectivity index (χ2n) is 12.6. The van der Waals surface area contributed by atoms with Crippen LogP contribution in [0.3, 0.4) is 0 Å². The maximum Gasteiger partial charge on any atom is 0.308 e. The van der Waals surface area contributed by atoms with E-state index in [1.54, 1.807) is 0 Å². The van der Waals surface area contributed by atoms with Gasteiger partial charge in [-0.25, -0.2) is 0 Å². The van der Waals surface area contributed by atoms with Crippen molar-refractivity contribution in [3.63, 3.8) is 0 Å². The van der Waals surface area contributed by atoms with Gasteiger partial charge in [-0.2, -0.15) is 0 Å². The lowest BCUT2D eigenvalue weighted by Crippen LogP contribution is -2.33. The van der Waals surface area contributed by atoms with E-state index in [-0.39, 0.29) is 11.9 Å². The summed E-state index contributed by atoms with van der Waals surface area (Å²) in [6.45, 7) is 7.53. The molecule has 0 aromatic heterocycles. The fourth-order valence-electron chi connectivity index (χ4n) is 6.45. The lowest BCUT2D eigenvalue weighted by molar-refractivity contribution is -0.150. The number of ether oxygens (including phenoxy) is 1. The fraction of sp³-hybridized carbons (Fsp3) is 0.472. The number of benzene rings is 3. The van der Waals surface area contributed by atoms with E-state index < -0.39 is 7.26 Å². The third kappa shape index (κ3) is 8.28. The summed E-state index contributed by atoms with van der Waals surface area (Å²) in [5.74, 6) is 0.937. The number of carbonyl (C=O) groups is 1. The van der Waals surface area contributed by atoms with Gasteiger partial charge in [-0.1, -0.05) is 75.4 Å². The summed E-state index contributed by atoms with van der Waals surface area (Å²) >= 11 is 0.